The van der Waals surface area contributed by atoms with E-state index in [0.717, 1.165) is 39.0 Å². The largest absolute Gasteiger partial charge is 0.497 e. The summed E-state index contributed by atoms with van der Waals surface area (Å²) in [6.07, 6.45) is 3.74. The van der Waals surface area contributed by atoms with Crippen molar-refractivity contribution in [1.29, 1.82) is 5.26 Å². The molecule has 3 aromatic rings. The zero-order valence-corrected chi connectivity index (χ0v) is 29.9. The molecule has 7 rings (SSSR count). The summed E-state index contributed by atoms with van der Waals surface area (Å²) in [4.78, 5) is 40.0. The lowest BCUT2D eigenvalue weighted by Crippen LogP contribution is -2.76. The zero-order chi connectivity index (χ0) is 36.1. The fraction of sp³-hybridized carbons (Fsp3) is 0.444. The molecule has 4 aliphatic rings. The first kappa shape index (κ1) is 34.5. The maximum absolute atomic E-state index is 15.2. The molecule has 51 heavy (non-hydrogen) atoms. The highest BCUT2D eigenvalue weighted by Gasteiger charge is 2.61. The SMILES string of the molecule is CCOc1ncccc1[C@]1(NC(=O)N2CC3(C2)CN(C2CCN(C)CC2)C3)C(=O)N(S(=O)(=O)c2ccc(OC)cc2OC)c2ccc(C#N)cc21. The van der Waals surface area contributed by atoms with Crippen LogP contribution in [0.15, 0.2) is 59.6 Å². The number of anilines is 1. The molecule has 0 aliphatic carbocycles. The molecule has 15 heteroatoms. The Morgan fingerprint density at radius 3 is 2.45 bits per heavy atom. The number of nitriles is 1. The molecular weight excluding hydrogens is 675 g/mol. The van der Waals surface area contributed by atoms with Crippen molar-refractivity contribution in [3.05, 3.63) is 71.4 Å². The summed E-state index contributed by atoms with van der Waals surface area (Å²) in [6.45, 7) is 6.87. The van der Waals surface area contributed by atoms with Crippen LogP contribution in [0.2, 0.25) is 0 Å². The molecule has 0 saturated carbocycles. The van der Waals surface area contributed by atoms with Gasteiger partial charge in [0.05, 0.1) is 43.7 Å². The number of piperidine rings is 1. The minimum atomic E-state index is -4.69. The molecule has 14 nitrogen and oxygen atoms in total. The molecule has 1 atom stereocenters. The van der Waals surface area contributed by atoms with Crippen LogP contribution in [0.5, 0.6) is 17.4 Å². The number of pyridine rings is 1. The molecule has 0 radical (unpaired) electrons. The lowest BCUT2D eigenvalue weighted by atomic mass is 9.71. The standard InChI is InChI=1S/C36H41N7O7S/c1-5-50-32-27(7-6-14-38-32)36(39-34(45)42-22-35(23-42)20-41(21-35)25-12-15-40(2)16-13-25)28-17-24(19-37)8-10-29(28)43(33(36)44)51(46,47)31-11-9-26(48-3)18-30(31)49-4/h6-11,14,17-18,25H,5,12-13,15-16,20-23H2,1-4H3,(H,39,45)/t36-/m1/s1. The third kappa shape index (κ3) is 5.62. The molecule has 5 heterocycles. The van der Waals surface area contributed by atoms with E-state index in [0.29, 0.717) is 29.2 Å². The fourth-order valence-electron chi connectivity index (χ4n) is 7.94. The Labute approximate surface area is 297 Å². The van der Waals surface area contributed by atoms with E-state index in [4.69, 9.17) is 14.2 Å². The van der Waals surface area contributed by atoms with E-state index >= 15 is 4.79 Å². The molecule has 1 N–H and O–H groups in total. The number of urea groups is 1. The number of methoxy groups -OCH3 is 2. The van der Waals surface area contributed by atoms with Gasteiger partial charge in [0.15, 0.2) is 5.54 Å². The molecule has 4 aliphatic heterocycles. The monoisotopic (exact) mass is 715 g/mol. The molecule has 0 unspecified atom stereocenters. The van der Waals surface area contributed by atoms with E-state index in [9.17, 15) is 18.5 Å². The van der Waals surface area contributed by atoms with Crippen molar-refractivity contribution in [2.24, 2.45) is 5.41 Å². The molecule has 3 amide bonds. The van der Waals surface area contributed by atoms with Crippen LogP contribution >= 0.6 is 0 Å². The molecule has 2 aromatic carbocycles. The van der Waals surface area contributed by atoms with E-state index in [1.54, 1.807) is 24.0 Å². The number of benzene rings is 2. The van der Waals surface area contributed by atoms with Crippen molar-refractivity contribution in [3.8, 4) is 23.4 Å². The number of hydrogen-bond acceptors (Lipinski definition) is 11. The average molecular weight is 716 g/mol. The van der Waals surface area contributed by atoms with Crippen LogP contribution < -0.4 is 23.8 Å². The highest BCUT2D eigenvalue weighted by molar-refractivity contribution is 7.93. The molecular formula is C36H41N7O7S. The number of nitrogens with one attached hydrogen (secondary N) is 1. The Kier molecular flexibility index (Phi) is 8.81. The number of ether oxygens (including phenoxy) is 3. The number of hydrogen-bond donors (Lipinski definition) is 1. The number of amides is 3. The van der Waals surface area contributed by atoms with Crippen molar-refractivity contribution >= 4 is 27.6 Å². The summed E-state index contributed by atoms with van der Waals surface area (Å²) in [5, 5.41) is 12.9. The van der Waals surface area contributed by atoms with E-state index in [-0.39, 0.29) is 50.9 Å². The smallest absolute Gasteiger partial charge is 0.318 e. The lowest BCUT2D eigenvalue weighted by molar-refractivity contribution is -0.124. The average Bonchev–Trinajstić information content (AvgIpc) is 3.35. The lowest BCUT2D eigenvalue weighted by Gasteiger charge is -2.62. The van der Waals surface area contributed by atoms with Gasteiger partial charge in [-0.2, -0.15) is 9.57 Å². The van der Waals surface area contributed by atoms with Crippen molar-refractivity contribution in [2.75, 3.05) is 71.4 Å². The maximum atomic E-state index is 15.2. The topological polar surface area (TPSA) is 158 Å². The van der Waals surface area contributed by atoms with Crippen LogP contribution in [0.1, 0.15) is 36.5 Å². The highest BCUT2D eigenvalue weighted by atomic mass is 32.2. The molecule has 1 spiro atoms. The number of carbonyl (C=O) groups is 2. The summed E-state index contributed by atoms with van der Waals surface area (Å²) < 4.78 is 46.5. The van der Waals surface area contributed by atoms with Gasteiger partial charge in [-0.05, 0) is 82.4 Å². The Morgan fingerprint density at radius 2 is 1.78 bits per heavy atom. The number of sulfonamides is 1. The van der Waals surface area contributed by atoms with Crippen LogP contribution in [-0.4, -0.2) is 113 Å². The zero-order valence-electron chi connectivity index (χ0n) is 29.1. The van der Waals surface area contributed by atoms with Crippen molar-refractivity contribution < 1.29 is 32.2 Å². The number of fused-ring (bicyclic) bond motifs is 1. The second kappa shape index (κ2) is 13.0. The highest BCUT2D eigenvalue weighted by Crippen LogP contribution is 2.50. The number of nitrogens with zero attached hydrogens (tertiary/aromatic N) is 6. The molecule has 268 valence electrons. The maximum Gasteiger partial charge on any atom is 0.318 e. The van der Waals surface area contributed by atoms with E-state index in [1.807, 2.05) is 0 Å². The first-order chi connectivity index (χ1) is 24.5. The van der Waals surface area contributed by atoms with Crippen LogP contribution in [0.25, 0.3) is 0 Å². The summed E-state index contributed by atoms with van der Waals surface area (Å²) in [7, 11) is 0.209. The third-order valence-corrected chi connectivity index (χ3v) is 12.3. The van der Waals surface area contributed by atoms with E-state index < -0.39 is 27.5 Å². The van der Waals surface area contributed by atoms with Crippen LogP contribution in [0.3, 0.4) is 0 Å². The third-order valence-electron chi connectivity index (χ3n) is 10.5. The van der Waals surface area contributed by atoms with Crippen LogP contribution in [-0.2, 0) is 20.4 Å². The molecule has 0 bridgehead atoms. The fourth-order valence-corrected chi connectivity index (χ4v) is 9.55. The normalized spacial score (nSPS) is 21.7. The van der Waals surface area contributed by atoms with Gasteiger partial charge in [-0.1, -0.05) is 0 Å². The van der Waals surface area contributed by atoms with Crippen molar-refractivity contribution in [2.45, 2.75) is 36.2 Å². The minimum Gasteiger partial charge on any atom is -0.497 e. The summed E-state index contributed by atoms with van der Waals surface area (Å²) in [6, 6.07) is 13.6. The van der Waals surface area contributed by atoms with Crippen molar-refractivity contribution in [1.82, 2.24) is 25.0 Å². The first-order valence-electron chi connectivity index (χ1n) is 16.9. The first-order valence-corrected chi connectivity index (χ1v) is 18.4. The Hall–Kier alpha value is -4.91. The van der Waals surface area contributed by atoms with E-state index in [1.165, 1.54) is 56.8 Å². The number of aromatic nitrogens is 1. The van der Waals surface area contributed by atoms with Gasteiger partial charge in [0.1, 0.15) is 16.4 Å². The summed E-state index contributed by atoms with van der Waals surface area (Å²) in [5.41, 5.74) is -1.80. The molecule has 3 saturated heterocycles. The number of likely N-dealkylation sites (tertiary alicyclic amines) is 3. The second-order valence-corrected chi connectivity index (χ2v) is 15.5. The van der Waals surface area contributed by atoms with E-state index in [2.05, 4.69) is 33.2 Å². The van der Waals surface area contributed by atoms with Gasteiger partial charge in [-0.3, -0.25) is 9.69 Å². The predicted molar refractivity (Wildman–Crippen MR) is 186 cm³/mol. The molecule has 3 fully saturated rings. The second-order valence-electron chi connectivity index (χ2n) is 13.7. The van der Waals surface area contributed by atoms with Crippen LogP contribution in [0.4, 0.5) is 10.5 Å². The van der Waals surface area contributed by atoms with Gasteiger partial charge in [-0.25, -0.2) is 18.2 Å². The van der Waals surface area contributed by atoms with Gasteiger partial charge in [0.2, 0.25) is 5.88 Å². The van der Waals surface area contributed by atoms with Crippen molar-refractivity contribution in [3.63, 3.8) is 0 Å². The number of rotatable bonds is 9. The number of carbonyl (C=O) groups excluding carboxylic acids is 2. The Balaban J connectivity index is 1.28. The van der Waals surface area contributed by atoms with Gasteiger partial charge in [0, 0.05) is 55.5 Å². The van der Waals surface area contributed by atoms with Gasteiger partial charge >= 0.3 is 6.03 Å². The van der Waals surface area contributed by atoms with Gasteiger partial charge < -0.3 is 29.3 Å². The van der Waals surface area contributed by atoms with Gasteiger partial charge in [0.25, 0.3) is 15.9 Å². The Morgan fingerprint density at radius 1 is 1.04 bits per heavy atom. The summed E-state index contributed by atoms with van der Waals surface area (Å²) >= 11 is 0. The Bertz CT molecular complexity index is 2010. The summed E-state index contributed by atoms with van der Waals surface area (Å²) in [5.74, 6) is -0.642. The quantitative estimate of drug-likeness (QED) is 0.348. The van der Waals surface area contributed by atoms with Crippen LogP contribution in [0, 0.1) is 16.7 Å². The predicted octanol–water partition coefficient (Wildman–Crippen LogP) is 2.77. The molecule has 1 aromatic heterocycles. The van der Waals surface area contributed by atoms with Gasteiger partial charge in [-0.15, -0.1) is 0 Å². The minimum absolute atomic E-state index is 0.0233.